The fraction of sp³-hybridized carbons (Fsp3) is 0.519. The third-order valence-electron chi connectivity index (χ3n) is 7.78. The molecule has 4 heterocycles. The molecular formula is C27H32N2O6. The topological polar surface area (TPSA) is 96.4 Å². The van der Waals surface area contributed by atoms with Crippen LogP contribution in [0.5, 0.6) is 0 Å². The number of esters is 1. The highest BCUT2D eigenvalue weighted by Gasteiger charge is 2.74. The molecule has 0 bridgehead atoms. The molecule has 1 aromatic carbocycles. The van der Waals surface area contributed by atoms with Crippen molar-refractivity contribution in [1.82, 2.24) is 4.90 Å². The number of likely N-dealkylation sites (tertiary alicyclic amines) is 1. The average molecular weight is 481 g/mol. The number of benzene rings is 1. The van der Waals surface area contributed by atoms with Gasteiger partial charge in [-0.3, -0.25) is 14.4 Å². The molecule has 2 amide bonds. The van der Waals surface area contributed by atoms with Gasteiger partial charge in [0.15, 0.2) is 0 Å². The van der Waals surface area contributed by atoms with E-state index in [-0.39, 0.29) is 25.0 Å². The Morgan fingerprint density at radius 3 is 2.63 bits per heavy atom. The summed E-state index contributed by atoms with van der Waals surface area (Å²) in [4.78, 5) is 44.6. The lowest BCUT2D eigenvalue weighted by atomic mass is 9.75. The van der Waals surface area contributed by atoms with E-state index in [4.69, 9.17) is 9.47 Å². The molecule has 5 atom stereocenters. The van der Waals surface area contributed by atoms with Crippen molar-refractivity contribution in [1.29, 1.82) is 0 Å². The number of amides is 2. The highest BCUT2D eigenvalue weighted by Crippen LogP contribution is 2.57. The highest BCUT2D eigenvalue weighted by atomic mass is 16.6. The SMILES string of the molecule is Cc1ccc(C)c(N2CC=C[C@]34O[C@@]5(C)C=CCOC(=O)[C@H]5[C@H]3C(=O)N(CCCCO)C4C2=O)c1. The van der Waals surface area contributed by atoms with Crippen molar-refractivity contribution in [3.8, 4) is 0 Å². The van der Waals surface area contributed by atoms with Gasteiger partial charge in [0.05, 0.1) is 11.5 Å². The van der Waals surface area contributed by atoms with Gasteiger partial charge in [-0.15, -0.1) is 0 Å². The first-order chi connectivity index (χ1) is 16.7. The fourth-order valence-corrected chi connectivity index (χ4v) is 6.22. The van der Waals surface area contributed by atoms with Crippen molar-refractivity contribution in [2.75, 3.05) is 31.2 Å². The first-order valence-electron chi connectivity index (χ1n) is 12.3. The van der Waals surface area contributed by atoms with Gasteiger partial charge in [-0.1, -0.05) is 30.4 Å². The Hall–Kier alpha value is -2.97. The number of anilines is 1. The molecule has 0 aromatic heterocycles. The van der Waals surface area contributed by atoms with E-state index >= 15 is 0 Å². The number of carbonyl (C=O) groups is 3. The standard InChI is InChI=1S/C27H32N2O6/c1-17-8-9-18(2)19(16-17)28-13-6-11-27-20(21-25(33)34-15-7-10-26(21,3)35-27)23(31)29(12-4-5-14-30)22(27)24(28)32/h6-11,16,20-22,30H,4-5,12-15H2,1-3H3/t20-,21+,22?,26-,27-/m0/s1. The monoisotopic (exact) mass is 480 g/mol. The van der Waals surface area contributed by atoms with Crippen LogP contribution in [0.2, 0.25) is 0 Å². The molecule has 1 spiro atoms. The van der Waals surface area contributed by atoms with E-state index in [0.717, 1.165) is 16.8 Å². The van der Waals surface area contributed by atoms with Gasteiger partial charge in [-0.25, -0.2) is 0 Å². The molecule has 4 aliphatic rings. The Balaban J connectivity index is 1.64. The van der Waals surface area contributed by atoms with Crippen LogP contribution in [-0.2, 0) is 23.9 Å². The van der Waals surface area contributed by atoms with Gasteiger partial charge in [0.25, 0.3) is 5.91 Å². The number of unbranched alkanes of at least 4 members (excludes halogenated alkanes) is 1. The van der Waals surface area contributed by atoms with Crippen LogP contribution in [0.3, 0.4) is 0 Å². The van der Waals surface area contributed by atoms with Crippen molar-refractivity contribution in [2.24, 2.45) is 11.8 Å². The summed E-state index contributed by atoms with van der Waals surface area (Å²) in [5.74, 6) is -2.74. The Labute approximate surface area is 205 Å². The number of cyclic esters (lactones) is 1. The molecule has 0 aliphatic carbocycles. The Morgan fingerprint density at radius 1 is 1.06 bits per heavy atom. The van der Waals surface area contributed by atoms with Gasteiger partial charge in [-0.2, -0.15) is 0 Å². The Bertz CT molecular complexity index is 1130. The molecule has 1 unspecified atom stereocenters. The third-order valence-corrected chi connectivity index (χ3v) is 7.78. The summed E-state index contributed by atoms with van der Waals surface area (Å²) in [7, 11) is 0. The highest BCUT2D eigenvalue weighted by molar-refractivity contribution is 6.06. The fourth-order valence-electron chi connectivity index (χ4n) is 6.22. The van der Waals surface area contributed by atoms with Crippen LogP contribution in [0.25, 0.3) is 0 Å². The van der Waals surface area contributed by atoms with Crippen LogP contribution >= 0.6 is 0 Å². The first kappa shape index (κ1) is 23.8. The van der Waals surface area contributed by atoms with Gasteiger partial charge in [0.1, 0.15) is 24.2 Å². The number of rotatable bonds is 5. The lowest BCUT2D eigenvalue weighted by Crippen LogP contribution is -2.56. The van der Waals surface area contributed by atoms with Gasteiger partial charge >= 0.3 is 5.97 Å². The van der Waals surface area contributed by atoms with Gasteiger partial charge in [-0.05, 0) is 56.9 Å². The largest absolute Gasteiger partial charge is 0.461 e. The number of aliphatic hydroxyl groups is 1. The molecule has 0 radical (unpaired) electrons. The van der Waals surface area contributed by atoms with Gasteiger partial charge < -0.3 is 24.4 Å². The minimum Gasteiger partial charge on any atom is -0.461 e. The summed E-state index contributed by atoms with van der Waals surface area (Å²) in [6.45, 7) is 6.47. The van der Waals surface area contributed by atoms with E-state index in [0.29, 0.717) is 25.9 Å². The molecule has 2 fully saturated rings. The Kier molecular flexibility index (Phi) is 5.84. The number of ether oxygens (including phenoxy) is 2. The first-order valence-corrected chi connectivity index (χ1v) is 12.3. The lowest BCUT2D eigenvalue weighted by Gasteiger charge is -2.37. The third kappa shape index (κ3) is 3.53. The predicted molar refractivity (Wildman–Crippen MR) is 129 cm³/mol. The van der Waals surface area contributed by atoms with E-state index in [1.807, 2.05) is 44.2 Å². The van der Waals surface area contributed by atoms with Crippen LogP contribution in [0.15, 0.2) is 42.5 Å². The second-order valence-corrected chi connectivity index (χ2v) is 10.1. The van der Waals surface area contributed by atoms with E-state index < -0.39 is 35.0 Å². The zero-order valence-electron chi connectivity index (χ0n) is 20.4. The maximum atomic E-state index is 14.3. The minimum atomic E-state index is -1.29. The summed E-state index contributed by atoms with van der Waals surface area (Å²) in [5.41, 5.74) is 0.418. The summed E-state index contributed by atoms with van der Waals surface area (Å²) >= 11 is 0. The van der Waals surface area contributed by atoms with Crippen molar-refractivity contribution in [2.45, 2.75) is 50.9 Å². The number of aliphatic hydroxyl groups excluding tert-OH is 1. The van der Waals surface area contributed by atoms with Crippen LogP contribution in [-0.4, -0.2) is 71.3 Å². The molecular weight excluding hydrogens is 448 g/mol. The second-order valence-electron chi connectivity index (χ2n) is 10.1. The van der Waals surface area contributed by atoms with Crippen LogP contribution < -0.4 is 4.90 Å². The van der Waals surface area contributed by atoms with Gasteiger partial charge in [0, 0.05) is 25.4 Å². The van der Waals surface area contributed by atoms with Crippen LogP contribution in [0, 0.1) is 25.7 Å². The smallest absolute Gasteiger partial charge is 0.313 e. The summed E-state index contributed by atoms with van der Waals surface area (Å²) in [5, 5.41) is 9.31. The molecule has 1 aromatic rings. The van der Waals surface area contributed by atoms with Crippen LogP contribution in [0.1, 0.15) is 30.9 Å². The van der Waals surface area contributed by atoms with Gasteiger partial charge in [0.2, 0.25) is 5.91 Å². The van der Waals surface area contributed by atoms with Crippen molar-refractivity contribution in [3.63, 3.8) is 0 Å². The Morgan fingerprint density at radius 2 is 1.86 bits per heavy atom. The van der Waals surface area contributed by atoms with E-state index in [1.54, 1.807) is 28.9 Å². The summed E-state index contributed by atoms with van der Waals surface area (Å²) < 4.78 is 12.1. The molecule has 2 saturated heterocycles. The quantitative estimate of drug-likeness (QED) is 0.394. The number of aryl methyl sites for hydroxylation is 2. The summed E-state index contributed by atoms with van der Waals surface area (Å²) in [6, 6.07) is 5.03. The minimum absolute atomic E-state index is 0.00194. The lowest BCUT2D eigenvalue weighted by molar-refractivity contribution is -0.156. The maximum absolute atomic E-state index is 14.3. The normalized spacial score (nSPS) is 33.8. The number of fused-ring (bicyclic) bond motifs is 2. The molecule has 35 heavy (non-hydrogen) atoms. The molecule has 8 nitrogen and oxygen atoms in total. The predicted octanol–water partition coefficient (Wildman–Crippen LogP) is 2.06. The number of hydrogen-bond donors (Lipinski definition) is 1. The van der Waals surface area contributed by atoms with E-state index in [1.165, 1.54) is 0 Å². The van der Waals surface area contributed by atoms with Crippen molar-refractivity contribution < 1.29 is 29.0 Å². The zero-order chi connectivity index (χ0) is 25.0. The van der Waals surface area contributed by atoms with E-state index in [2.05, 4.69) is 0 Å². The zero-order valence-corrected chi connectivity index (χ0v) is 20.4. The molecule has 0 saturated carbocycles. The average Bonchev–Trinajstić information content (AvgIpc) is 3.06. The molecule has 5 rings (SSSR count). The molecule has 1 N–H and O–H groups in total. The molecule has 186 valence electrons. The molecule has 4 aliphatic heterocycles. The number of hydrogen-bond acceptors (Lipinski definition) is 6. The van der Waals surface area contributed by atoms with Crippen LogP contribution in [0.4, 0.5) is 5.69 Å². The number of nitrogens with zero attached hydrogens (tertiary/aromatic N) is 2. The molecule has 8 heteroatoms. The second kappa shape index (κ2) is 8.60. The van der Waals surface area contributed by atoms with E-state index in [9.17, 15) is 19.5 Å². The maximum Gasteiger partial charge on any atom is 0.313 e. The summed E-state index contributed by atoms with van der Waals surface area (Å²) in [6.07, 6.45) is 8.28. The number of carbonyl (C=O) groups excluding carboxylic acids is 3. The van der Waals surface area contributed by atoms with Crippen molar-refractivity contribution >= 4 is 23.5 Å². The van der Waals surface area contributed by atoms with Crippen molar-refractivity contribution in [3.05, 3.63) is 53.6 Å².